The summed E-state index contributed by atoms with van der Waals surface area (Å²) in [4.78, 5) is 0. The fraction of sp³-hybridized carbons (Fsp3) is 0.0625. The van der Waals surface area contributed by atoms with E-state index in [1.165, 1.54) is 0 Å². The summed E-state index contributed by atoms with van der Waals surface area (Å²) < 4.78 is 3.86. The highest BCUT2D eigenvalue weighted by Gasteiger charge is 2.16. The van der Waals surface area contributed by atoms with Crippen LogP contribution in [0.25, 0.3) is 5.69 Å². The van der Waals surface area contributed by atoms with Crippen LogP contribution in [0.4, 0.5) is 0 Å². The van der Waals surface area contributed by atoms with Gasteiger partial charge in [0.15, 0.2) is 0 Å². The molecule has 0 amide bonds. The fourth-order valence-corrected chi connectivity index (χ4v) is 3.59. The Hall–Kier alpha value is -1.43. The van der Waals surface area contributed by atoms with E-state index in [1.54, 1.807) is 6.20 Å². The van der Waals surface area contributed by atoms with Gasteiger partial charge in [-0.25, -0.2) is 4.68 Å². The second-order valence-corrected chi connectivity index (χ2v) is 6.52. The monoisotopic (exact) mass is 405 g/mol. The highest BCUT2D eigenvalue weighted by Crippen LogP contribution is 2.27. The number of hydrogen-bond acceptors (Lipinski definition) is 2. The Labute approximate surface area is 140 Å². The first kappa shape index (κ1) is 14.5. The molecule has 21 heavy (non-hydrogen) atoms. The van der Waals surface area contributed by atoms with E-state index in [0.717, 1.165) is 25.9 Å². The van der Waals surface area contributed by atoms with Gasteiger partial charge >= 0.3 is 0 Å². The molecule has 0 saturated carbocycles. The van der Waals surface area contributed by atoms with Crippen LogP contribution in [0.5, 0.6) is 0 Å². The molecule has 0 saturated heterocycles. The predicted molar refractivity (Wildman–Crippen MR) is 91.4 cm³/mol. The maximum atomic E-state index is 6.43. The van der Waals surface area contributed by atoms with Gasteiger partial charge in [0, 0.05) is 15.1 Å². The standard InChI is InChI=1S/C16H13Br2N3/c17-12-8-11(9-13(18)10-12)16(19)15-6-7-20-21(15)14-4-2-1-3-5-14/h1-10,16H,19H2. The van der Waals surface area contributed by atoms with Crippen LogP contribution in [0.15, 0.2) is 69.7 Å². The summed E-state index contributed by atoms with van der Waals surface area (Å²) in [5, 5.41) is 4.39. The maximum Gasteiger partial charge on any atom is 0.0728 e. The maximum absolute atomic E-state index is 6.43. The zero-order chi connectivity index (χ0) is 14.8. The van der Waals surface area contributed by atoms with E-state index >= 15 is 0 Å². The molecule has 0 aliphatic carbocycles. The molecule has 0 radical (unpaired) electrons. The first-order valence-electron chi connectivity index (χ1n) is 6.46. The largest absolute Gasteiger partial charge is 0.319 e. The molecule has 0 bridgehead atoms. The van der Waals surface area contributed by atoms with Crippen LogP contribution in [0.3, 0.4) is 0 Å². The lowest BCUT2D eigenvalue weighted by atomic mass is 10.0. The number of benzene rings is 2. The number of nitrogens with two attached hydrogens (primary N) is 1. The molecule has 3 rings (SSSR count). The molecule has 1 atom stereocenters. The molecule has 1 unspecified atom stereocenters. The molecule has 3 nitrogen and oxygen atoms in total. The van der Waals surface area contributed by atoms with Crippen LogP contribution in [-0.4, -0.2) is 9.78 Å². The van der Waals surface area contributed by atoms with Gasteiger partial charge in [0.2, 0.25) is 0 Å². The van der Waals surface area contributed by atoms with Crippen molar-refractivity contribution in [2.45, 2.75) is 6.04 Å². The topological polar surface area (TPSA) is 43.8 Å². The zero-order valence-electron chi connectivity index (χ0n) is 11.1. The Bertz CT molecular complexity index is 733. The first-order valence-corrected chi connectivity index (χ1v) is 8.04. The highest BCUT2D eigenvalue weighted by molar-refractivity contribution is 9.11. The molecule has 3 aromatic rings. The fourth-order valence-electron chi connectivity index (χ4n) is 2.26. The van der Waals surface area contributed by atoms with Crippen molar-refractivity contribution in [2.75, 3.05) is 0 Å². The Balaban J connectivity index is 2.03. The summed E-state index contributed by atoms with van der Waals surface area (Å²) in [6.45, 7) is 0. The number of rotatable bonds is 3. The van der Waals surface area contributed by atoms with E-state index in [0.29, 0.717) is 0 Å². The van der Waals surface area contributed by atoms with Gasteiger partial charge in [-0.2, -0.15) is 5.10 Å². The molecule has 2 N–H and O–H groups in total. The molecule has 0 aliphatic heterocycles. The van der Waals surface area contributed by atoms with Crippen molar-refractivity contribution < 1.29 is 0 Å². The molecule has 0 spiro atoms. The Kier molecular flexibility index (Phi) is 4.24. The zero-order valence-corrected chi connectivity index (χ0v) is 14.3. The molecule has 0 fully saturated rings. The minimum absolute atomic E-state index is 0.249. The van der Waals surface area contributed by atoms with Crippen LogP contribution in [0, 0.1) is 0 Å². The van der Waals surface area contributed by atoms with E-state index < -0.39 is 0 Å². The van der Waals surface area contributed by atoms with Crippen molar-refractivity contribution in [3.05, 3.63) is 81.0 Å². The van der Waals surface area contributed by atoms with E-state index in [2.05, 4.69) is 37.0 Å². The van der Waals surface area contributed by atoms with Crippen LogP contribution < -0.4 is 5.73 Å². The summed E-state index contributed by atoms with van der Waals surface area (Å²) in [5.41, 5.74) is 9.41. The third-order valence-corrected chi connectivity index (χ3v) is 4.15. The average Bonchev–Trinajstić information content (AvgIpc) is 2.95. The van der Waals surface area contributed by atoms with Crippen molar-refractivity contribution in [1.82, 2.24) is 9.78 Å². The Morgan fingerprint density at radius 3 is 2.29 bits per heavy atom. The summed E-state index contributed by atoms with van der Waals surface area (Å²) >= 11 is 7.00. The number of halogens is 2. The summed E-state index contributed by atoms with van der Waals surface area (Å²) in [7, 11) is 0. The lowest BCUT2D eigenvalue weighted by Crippen LogP contribution is -2.16. The molecule has 5 heteroatoms. The molecule has 0 aliphatic rings. The average molecular weight is 407 g/mol. The van der Waals surface area contributed by atoms with Gasteiger partial charge in [0.05, 0.1) is 17.4 Å². The third kappa shape index (κ3) is 3.10. The van der Waals surface area contributed by atoms with Crippen molar-refractivity contribution in [1.29, 1.82) is 0 Å². The minimum Gasteiger partial charge on any atom is -0.319 e. The van der Waals surface area contributed by atoms with Crippen LogP contribution in [-0.2, 0) is 0 Å². The summed E-state index contributed by atoms with van der Waals surface area (Å²) in [6, 6.07) is 17.7. The number of hydrogen-bond donors (Lipinski definition) is 1. The van der Waals surface area contributed by atoms with E-state index in [9.17, 15) is 0 Å². The Morgan fingerprint density at radius 1 is 0.952 bits per heavy atom. The summed E-state index contributed by atoms with van der Waals surface area (Å²) in [6.07, 6.45) is 1.77. The van der Waals surface area contributed by atoms with Crippen LogP contribution in [0.2, 0.25) is 0 Å². The van der Waals surface area contributed by atoms with Gasteiger partial charge in [-0.05, 0) is 42.0 Å². The lowest BCUT2D eigenvalue weighted by molar-refractivity contribution is 0.739. The quantitative estimate of drug-likeness (QED) is 0.698. The van der Waals surface area contributed by atoms with Gasteiger partial charge in [-0.15, -0.1) is 0 Å². The minimum atomic E-state index is -0.249. The molecule has 1 heterocycles. The second kappa shape index (κ2) is 6.13. The third-order valence-electron chi connectivity index (χ3n) is 3.24. The van der Waals surface area contributed by atoms with Gasteiger partial charge in [0.25, 0.3) is 0 Å². The van der Waals surface area contributed by atoms with E-state index in [-0.39, 0.29) is 6.04 Å². The van der Waals surface area contributed by atoms with Gasteiger partial charge in [-0.1, -0.05) is 50.1 Å². The molecule has 106 valence electrons. The predicted octanol–water partition coefficient (Wildman–Crippen LogP) is 4.45. The smallest absolute Gasteiger partial charge is 0.0728 e. The highest BCUT2D eigenvalue weighted by atomic mass is 79.9. The normalized spacial score (nSPS) is 12.3. The van der Waals surface area contributed by atoms with Crippen molar-refractivity contribution in [3.63, 3.8) is 0 Å². The second-order valence-electron chi connectivity index (χ2n) is 4.68. The van der Waals surface area contributed by atoms with Crippen LogP contribution >= 0.6 is 31.9 Å². The van der Waals surface area contributed by atoms with Crippen molar-refractivity contribution in [2.24, 2.45) is 5.73 Å². The number of aromatic nitrogens is 2. The number of nitrogens with zero attached hydrogens (tertiary/aromatic N) is 2. The van der Waals surface area contributed by atoms with Crippen molar-refractivity contribution >= 4 is 31.9 Å². The van der Waals surface area contributed by atoms with Gasteiger partial charge < -0.3 is 5.73 Å². The van der Waals surface area contributed by atoms with Crippen molar-refractivity contribution in [3.8, 4) is 5.69 Å². The molecular weight excluding hydrogens is 394 g/mol. The lowest BCUT2D eigenvalue weighted by Gasteiger charge is -2.15. The number of para-hydroxylation sites is 1. The van der Waals surface area contributed by atoms with Gasteiger partial charge in [-0.3, -0.25) is 0 Å². The summed E-state index contributed by atoms with van der Waals surface area (Å²) in [5.74, 6) is 0. The Morgan fingerprint density at radius 2 is 1.62 bits per heavy atom. The first-order chi connectivity index (χ1) is 10.1. The van der Waals surface area contributed by atoms with Gasteiger partial charge in [0.1, 0.15) is 0 Å². The van der Waals surface area contributed by atoms with Crippen LogP contribution in [0.1, 0.15) is 17.3 Å². The van der Waals surface area contributed by atoms with E-state index in [4.69, 9.17) is 5.73 Å². The van der Waals surface area contributed by atoms with E-state index in [1.807, 2.05) is 59.3 Å². The molecule has 2 aromatic carbocycles. The SMILES string of the molecule is NC(c1cc(Br)cc(Br)c1)c1ccnn1-c1ccccc1. The molecule has 1 aromatic heterocycles. The molecular formula is C16H13Br2N3.